The Bertz CT molecular complexity index is 1260. The first kappa shape index (κ1) is 17.6. The predicted molar refractivity (Wildman–Crippen MR) is 104 cm³/mol. The van der Waals surface area contributed by atoms with Crippen molar-refractivity contribution in [2.24, 2.45) is 0 Å². The first-order valence-corrected chi connectivity index (χ1v) is 8.77. The molecule has 2 heterocycles. The summed E-state index contributed by atoms with van der Waals surface area (Å²) in [5, 5.41) is 0.749. The zero-order valence-corrected chi connectivity index (χ0v) is 15.7. The fourth-order valence-corrected chi connectivity index (χ4v) is 3.58. The summed E-state index contributed by atoms with van der Waals surface area (Å²) in [6.07, 6.45) is 3.15. The zero-order valence-electron chi connectivity index (χ0n) is 14.1. The van der Waals surface area contributed by atoms with Gasteiger partial charge in [-0.1, -0.05) is 35.3 Å². The summed E-state index contributed by atoms with van der Waals surface area (Å²) in [5.41, 5.74) is 1.19. The summed E-state index contributed by atoms with van der Waals surface area (Å²) >= 11 is 12.4. The molecule has 4 aromatic rings. The average Bonchev–Trinajstić information content (AvgIpc) is 3.17. The molecule has 0 aliphatic heterocycles. The summed E-state index contributed by atoms with van der Waals surface area (Å²) < 4.78 is 8.25. The number of Topliss-reactive ketones (excluding diaryl/α,β-unsaturated/α-hetero) is 1. The Balaban J connectivity index is 1.85. The van der Waals surface area contributed by atoms with Crippen molar-refractivity contribution in [3.63, 3.8) is 0 Å². The van der Waals surface area contributed by atoms with E-state index >= 15 is 0 Å². The van der Waals surface area contributed by atoms with Crippen molar-refractivity contribution in [2.45, 2.75) is 6.54 Å². The lowest BCUT2D eigenvalue weighted by Crippen LogP contribution is -2.26. The Hall–Kier alpha value is -2.83. The van der Waals surface area contributed by atoms with Crippen LogP contribution < -0.4 is 10.3 Å². The maximum Gasteiger partial charge on any atom is 0.262 e. The van der Waals surface area contributed by atoms with Crippen molar-refractivity contribution in [3.8, 4) is 5.75 Å². The van der Waals surface area contributed by atoms with Crippen LogP contribution in [0, 0.1) is 0 Å². The van der Waals surface area contributed by atoms with Crippen molar-refractivity contribution in [2.75, 3.05) is 7.11 Å². The van der Waals surface area contributed by atoms with Crippen LogP contribution >= 0.6 is 23.2 Å². The van der Waals surface area contributed by atoms with E-state index in [4.69, 9.17) is 27.9 Å². The van der Waals surface area contributed by atoms with Crippen LogP contribution in [0.3, 0.4) is 0 Å². The van der Waals surface area contributed by atoms with Gasteiger partial charge in [-0.15, -0.1) is 0 Å². The Labute approximate surface area is 163 Å². The third-order valence-corrected chi connectivity index (χ3v) is 5.27. The molecule has 0 saturated heterocycles. The molecule has 0 radical (unpaired) electrons. The van der Waals surface area contributed by atoms with Crippen LogP contribution in [-0.2, 0) is 6.54 Å². The predicted octanol–water partition coefficient (Wildman–Crippen LogP) is 3.85. The highest BCUT2D eigenvalue weighted by Crippen LogP contribution is 2.34. The van der Waals surface area contributed by atoms with Crippen molar-refractivity contribution in [3.05, 3.63) is 74.9 Å². The summed E-state index contributed by atoms with van der Waals surface area (Å²) in [6.45, 7) is -0.193. The van der Waals surface area contributed by atoms with Crippen LogP contribution in [-0.4, -0.2) is 26.8 Å². The summed E-state index contributed by atoms with van der Waals surface area (Å²) in [6, 6.07) is 10.3. The van der Waals surface area contributed by atoms with Gasteiger partial charge in [0.2, 0.25) is 0 Å². The third-order valence-electron chi connectivity index (χ3n) is 4.40. The number of nitrogens with zero attached hydrogens (tertiary/aromatic N) is 3. The fraction of sp³-hybridized carbons (Fsp3) is 0.105. The molecule has 0 unspecified atom stereocenters. The molecule has 6 nitrogen and oxygen atoms in total. The lowest BCUT2D eigenvalue weighted by molar-refractivity contribution is 0.0972. The van der Waals surface area contributed by atoms with Gasteiger partial charge >= 0.3 is 0 Å². The molecule has 27 heavy (non-hydrogen) atoms. The number of imidazole rings is 1. The SMILES string of the molecule is COc1ccc(C(=O)Cn2c(=O)c3ccccc3n3cncc23)c(Cl)c1Cl. The van der Waals surface area contributed by atoms with Crippen molar-refractivity contribution < 1.29 is 9.53 Å². The van der Waals surface area contributed by atoms with Crippen LogP contribution in [0.5, 0.6) is 5.75 Å². The lowest BCUT2D eigenvalue weighted by Gasteiger charge is -2.12. The summed E-state index contributed by atoms with van der Waals surface area (Å²) in [4.78, 5) is 29.9. The molecule has 0 N–H and O–H groups in total. The van der Waals surface area contributed by atoms with Gasteiger partial charge in [-0.3, -0.25) is 18.6 Å². The molecule has 0 fully saturated rings. The highest BCUT2D eigenvalue weighted by molar-refractivity contribution is 6.44. The number of para-hydroxylation sites is 1. The zero-order chi connectivity index (χ0) is 19.1. The second kappa shape index (κ2) is 6.72. The average molecular weight is 402 g/mol. The van der Waals surface area contributed by atoms with E-state index in [1.807, 2.05) is 12.1 Å². The maximum atomic E-state index is 13.0. The second-order valence-electron chi connectivity index (χ2n) is 5.90. The molecular formula is C19H13Cl2N3O3. The highest BCUT2D eigenvalue weighted by atomic mass is 35.5. The quantitative estimate of drug-likeness (QED) is 0.487. The minimum Gasteiger partial charge on any atom is -0.495 e. The molecule has 0 atom stereocenters. The molecule has 8 heteroatoms. The van der Waals surface area contributed by atoms with Gasteiger partial charge in [-0.25, -0.2) is 4.98 Å². The standard InChI is InChI=1S/C19H13Cl2N3O3/c1-27-15-7-6-12(17(20)18(15)21)14(25)9-23-16-8-22-10-24(16)13-5-3-2-4-11(13)19(23)26/h2-8,10H,9H2,1H3. The number of methoxy groups -OCH3 is 1. The van der Waals surface area contributed by atoms with Crippen molar-refractivity contribution in [1.82, 2.24) is 14.0 Å². The minimum absolute atomic E-state index is 0.0967. The minimum atomic E-state index is -0.343. The van der Waals surface area contributed by atoms with Crippen LogP contribution in [0.15, 0.2) is 53.7 Å². The van der Waals surface area contributed by atoms with Gasteiger partial charge in [0.1, 0.15) is 22.7 Å². The van der Waals surface area contributed by atoms with Crippen LogP contribution in [0.4, 0.5) is 0 Å². The Morgan fingerprint density at radius 2 is 1.93 bits per heavy atom. The molecule has 0 amide bonds. The molecule has 2 aromatic heterocycles. The number of aromatic nitrogens is 3. The first-order chi connectivity index (χ1) is 13.0. The number of rotatable bonds is 4. The molecule has 0 aliphatic carbocycles. The number of hydrogen-bond acceptors (Lipinski definition) is 4. The topological polar surface area (TPSA) is 65.6 Å². The Morgan fingerprint density at radius 1 is 1.15 bits per heavy atom. The van der Waals surface area contributed by atoms with Crippen LogP contribution in [0.1, 0.15) is 10.4 Å². The van der Waals surface area contributed by atoms with Gasteiger partial charge in [0.25, 0.3) is 5.56 Å². The number of halogens is 2. The number of ether oxygens (including phenoxy) is 1. The lowest BCUT2D eigenvalue weighted by atomic mass is 10.1. The molecule has 2 aromatic carbocycles. The van der Waals surface area contributed by atoms with E-state index in [1.54, 1.807) is 35.1 Å². The van der Waals surface area contributed by atoms with Gasteiger partial charge in [-0.2, -0.15) is 0 Å². The van der Waals surface area contributed by atoms with Gasteiger partial charge in [0.05, 0.1) is 35.8 Å². The highest BCUT2D eigenvalue weighted by Gasteiger charge is 2.19. The molecule has 0 bridgehead atoms. The molecule has 0 saturated carbocycles. The number of hydrogen-bond donors (Lipinski definition) is 0. The number of benzene rings is 2. The van der Waals surface area contributed by atoms with E-state index in [0.29, 0.717) is 16.8 Å². The van der Waals surface area contributed by atoms with Gasteiger partial charge < -0.3 is 4.74 Å². The number of carbonyl (C=O) groups excluding carboxylic acids is 1. The monoisotopic (exact) mass is 401 g/mol. The normalized spacial score (nSPS) is 11.2. The molecule has 136 valence electrons. The van der Waals surface area contributed by atoms with E-state index in [0.717, 1.165) is 5.52 Å². The number of carbonyl (C=O) groups is 1. The Morgan fingerprint density at radius 3 is 2.70 bits per heavy atom. The van der Waals surface area contributed by atoms with Gasteiger partial charge in [0.15, 0.2) is 5.78 Å². The van der Waals surface area contributed by atoms with E-state index < -0.39 is 0 Å². The van der Waals surface area contributed by atoms with E-state index in [2.05, 4.69) is 4.98 Å². The second-order valence-corrected chi connectivity index (χ2v) is 6.65. The van der Waals surface area contributed by atoms with Gasteiger partial charge in [0, 0.05) is 5.56 Å². The van der Waals surface area contributed by atoms with Crippen LogP contribution in [0.2, 0.25) is 10.0 Å². The van der Waals surface area contributed by atoms with E-state index in [9.17, 15) is 9.59 Å². The summed E-state index contributed by atoms with van der Waals surface area (Å²) in [5.74, 6) is 0.0318. The molecule has 0 spiro atoms. The number of ketones is 1. The largest absolute Gasteiger partial charge is 0.495 e. The molecule has 4 rings (SSSR count). The first-order valence-electron chi connectivity index (χ1n) is 8.01. The van der Waals surface area contributed by atoms with E-state index in [-0.39, 0.29) is 33.5 Å². The van der Waals surface area contributed by atoms with Gasteiger partial charge in [-0.05, 0) is 24.3 Å². The number of fused-ring (bicyclic) bond motifs is 3. The fourth-order valence-electron chi connectivity index (χ4n) is 3.07. The van der Waals surface area contributed by atoms with Crippen LogP contribution in [0.25, 0.3) is 16.6 Å². The third kappa shape index (κ3) is 2.78. The molecular weight excluding hydrogens is 389 g/mol. The summed E-state index contributed by atoms with van der Waals surface area (Å²) in [7, 11) is 1.46. The van der Waals surface area contributed by atoms with Crippen molar-refractivity contribution >= 4 is 45.5 Å². The maximum absolute atomic E-state index is 13.0. The van der Waals surface area contributed by atoms with Crippen molar-refractivity contribution in [1.29, 1.82) is 0 Å². The Kier molecular flexibility index (Phi) is 4.37. The smallest absolute Gasteiger partial charge is 0.262 e. The molecule has 0 aliphatic rings. The van der Waals surface area contributed by atoms with E-state index in [1.165, 1.54) is 17.7 Å².